The van der Waals surface area contributed by atoms with E-state index in [0.717, 1.165) is 43.4 Å². The Kier molecular flexibility index (Phi) is 6.94. The van der Waals surface area contributed by atoms with Crippen molar-refractivity contribution < 1.29 is 9.53 Å². The summed E-state index contributed by atoms with van der Waals surface area (Å²) in [5, 5.41) is 13.3. The van der Waals surface area contributed by atoms with Crippen LogP contribution in [0.2, 0.25) is 0 Å². The number of ether oxygens (including phenoxy) is 1. The minimum atomic E-state index is -0.140. The van der Waals surface area contributed by atoms with Gasteiger partial charge < -0.3 is 10.1 Å². The smallest absolute Gasteiger partial charge is 0.234 e. The number of para-hydroxylation sites is 2. The normalized spacial score (nSPS) is 12.8. The van der Waals surface area contributed by atoms with E-state index in [0.29, 0.717) is 28.6 Å². The van der Waals surface area contributed by atoms with Crippen LogP contribution >= 0.6 is 11.8 Å². The first kappa shape index (κ1) is 20.2. The van der Waals surface area contributed by atoms with Crippen molar-refractivity contribution >= 4 is 23.4 Å². The lowest BCUT2D eigenvalue weighted by atomic mass is 9.87. The number of rotatable bonds is 7. The molecule has 1 N–H and O–H groups in total. The Morgan fingerprint density at radius 3 is 2.71 bits per heavy atom. The Balaban J connectivity index is 1.76. The number of carbonyl (C=O) groups excluding carboxylic acids is 1. The molecule has 0 fully saturated rings. The van der Waals surface area contributed by atoms with Crippen LogP contribution in [0.1, 0.15) is 49.1 Å². The van der Waals surface area contributed by atoms with Crippen LogP contribution in [0, 0.1) is 11.3 Å². The van der Waals surface area contributed by atoms with Crippen LogP contribution in [0.15, 0.2) is 29.3 Å². The minimum absolute atomic E-state index is 0.140. The Hall–Kier alpha value is -2.52. The van der Waals surface area contributed by atoms with Gasteiger partial charge in [0.05, 0.1) is 23.6 Å². The van der Waals surface area contributed by atoms with Crippen molar-refractivity contribution in [2.45, 2.75) is 51.0 Å². The molecule has 0 aliphatic heterocycles. The van der Waals surface area contributed by atoms with Crippen molar-refractivity contribution in [3.63, 3.8) is 0 Å². The molecule has 1 aliphatic rings. The molecule has 6 heteroatoms. The van der Waals surface area contributed by atoms with Gasteiger partial charge in [0, 0.05) is 5.69 Å². The van der Waals surface area contributed by atoms with Gasteiger partial charge in [-0.25, -0.2) is 4.98 Å². The first-order chi connectivity index (χ1) is 13.7. The van der Waals surface area contributed by atoms with Gasteiger partial charge in [-0.15, -0.1) is 0 Å². The fraction of sp³-hybridized carbons (Fsp3) is 0.409. The highest BCUT2D eigenvalue weighted by atomic mass is 32.2. The molecule has 5 nitrogen and oxygen atoms in total. The van der Waals surface area contributed by atoms with Crippen molar-refractivity contribution in [3.8, 4) is 11.8 Å². The van der Waals surface area contributed by atoms with Crippen LogP contribution in [-0.4, -0.2) is 23.3 Å². The third kappa shape index (κ3) is 4.48. The summed E-state index contributed by atoms with van der Waals surface area (Å²) < 4.78 is 5.55. The molecule has 2 aromatic rings. The summed E-state index contributed by atoms with van der Waals surface area (Å²) >= 11 is 1.33. The van der Waals surface area contributed by atoms with Crippen molar-refractivity contribution in [1.82, 2.24) is 4.98 Å². The SMILES string of the molecule is CCOc1ccccc1NC(=O)CSc1nc(CC)c2c(c1C#N)CCCC2. The highest BCUT2D eigenvalue weighted by Gasteiger charge is 2.22. The first-order valence-electron chi connectivity index (χ1n) is 9.77. The Morgan fingerprint density at radius 1 is 1.25 bits per heavy atom. The number of fused-ring (bicyclic) bond motifs is 1. The average molecular weight is 396 g/mol. The summed E-state index contributed by atoms with van der Waals surface area (Å²) in [4.78, 5) is 17.2. The average Bonchev–Trinajstić information content (AvgIpc) is 2.73. The lowest BCUT2D eigenvalue weighted by Crippen LogP contribution is -2.16. The largest absolute Gasteiger partial charge is 0.492 e. The second-order valence-electron chi connectivity index (χ2n) is 6.63. The standard InChI is InChI=1S/C22H25N3O2S/c1-3-18-16-10-6-5-9-15(16)17(13-23)22(25-18)28-14-21(26)24-19-11-7-8-12-20(19)27-4-2/h7-8,11-12H,3-6,9-10,14H2,1-2H3,(H,24,26). The summed E-state index contributed by atoms with van der Waals surface area (Å²) in [5.41, 5.74) is 4.77. The Bertz CT molecular complexity index is 905. The van der Waals surface area contributed by atoms with Gasteiger partial charge in [0.2, 0.25) is 5.91 Å². The number of nitriles is 1. The van der Waals surface area contributed by atoms with Gasteiger partial charge in [-0.2, -0.15) is 5.26 Å². The number of anilines is 1. The van der Waals surface area contributed by atoms with Crippen LogP contribution in [-0.2, 0) is 24.1 Å². The van der Waals surface area contributed by atoms with Crippen molar-refractivity contribution in [3.05, 3.63) is 46.6 Å². The number of nitrogens with one attached hydrogen (secondary N) is 1. The number of hydrogen-bond acceptors (Lipinski definition) is 5. The highest BCUT2D eigenvalue weighted by Crippen LogP contribution is 2.33. The molecule has 0 bridgehead atoms. The number of amides is 1. The molecule has 1 amide bonds. The zero-order valence-electron chi connectivity index (χ0n) is 16.4. The van der Waals surface area contributed by atoms with E-state index in [1.54, 1.807) is 0 Å². The molecule has 1 aliphatic carbocycles. The number of thioether (sulfide) groups is 1. The molecular formula is C22H25N3O2S. The van der Waals surface area contributed by atoms with E-state index >= 15 is 0 Å². The van der Waals surface area contributed by atoms with Gasteiger partial charge >= 0.3 is 0 Å². The van der Waals surface area contributed by atoms with E-state index in [2.05, 4.69) is 18.3 Å². The predicted octanol–water partition coefficient (Wildman–Crippen LogP) is 4.52. The van der Waals surface area contributed by atoms with E-state index in [4.69, 9.17) is 9.72 Å². The number of pyridine rings is 1. The lowest BCUT2D eigenvalue weighted by molar-refractivity contribution is -0.113. The minimum Gasteiger partial charge on any atom is -0.492 e. The topological polar surface area (TPSA) is 75.0 Å². The molecule has 0 radical (unpaired) electrons. The molecular weight excluding hydrogens is 370 g/mol. The van der Waals surface area contributed by atoms with Gasteiger partial charge in [0.25, 0.3) is 0 Å². The fourth-order valence-electron chi connectivity index (χ4n) is 3.56. The highest BCUT2D eigenvalue weighted by molar-refractivity contribution is 8.00. The predicted molar refractivity (Wildman–Crippen MR) is 112 cm³/mol. The molecule has 0 saturated heterocycles. The van der Waals surface area contributed by atoms with Gasteiger partial charge in [-0.1, -0.05) is 30.8 Å². The molecule has 1 aromatic heterocycles. The molecule has 0 unspecified atom stereocenters. The molecule has 28 heavy (non-hydrogen) atoms. The molecule has 146 valence electrons. The number of benzene rings is 1. The fourth-order valence-corrected chi connectivity index (χ4v) is 4.39. The molecule has 0 spiro atoms. The van der Waals surface area contributed by atoms with Gasteiger partial charge in [-0.05, 0) is 62.3 Å². The van der Waals surface area contributed by atoms with Gasteiger partial charge in [0.15, 0.2) is 0 Å². The summed E-state index contributed by atoms with van der Waals surface area (Å²) in [7, 11) is 0. The second-order valence-corrected chi connectivity index (χ2v) is 7.60. The van der Waals surface area contributed by atoms with Crippen molar-refractivity contribution in [1.29, 1.82) is 5.26 Å². The van der Waals surface area contributed by atoms with Gasteiger partial charge in [-0.3, -0.25) is 4.79 Å². The van der Waals surface area contributed by atoms with E-state index in [9.17, 15) is 10.1 Å². The molecule has 0 saturated carbocycles. The van der Waals surface area contributed by atoms with Crippen LogP contribution in [0.3, 0.4) is 0 Å². The quantitative estimate of drug-likeness (QED) is 0.698. The number of nitrogens with zero attached hydrogens (tertiary/aromatic N) is 2. The van der Waals surface area contributed by atoms with Crippen molar-refractivity contribution in [2.24, 2.45) is 0 Å². The zero-order chi connectivity index (χ0) is 19.9. The van der Waals surface area contributed by atoms with E-state index in [-0.39, 0.29) is 11.7 Å². The maximum absolute atomic E-state index is 12.5. The lowest BCUT2D eigenvalue weighted by Gasteiger charge is -2.21. The number of aromatic nitrogens is 1. The number of hydrogen-bond donors (Lipinski definition) is 1. The van der Waals surface area contributed by atoms with E-state index in [1.165, 1.54) is 17.3 Å². The summed E-state index contributed by atoms with van der Waals surface area (Å²) in [6.45, 7) is 4.53. The maximum atomic E-state index is 12.5. The first-order valence-corrected chi connectivity index (χ1v) is 10.8. The Morgan fingerprint density at radius 2 is 2.00 bits per heavy atom. The van der Waals surface area contributed by atoms with Gasteiger partial charge in [0.1, 0.15) is 16.8 Å². The van der Waals surface area contributed by atoms with Crippen molar-refractivity contribution in [2.75, 3.05) is 17.7 Å². The number of aryl methyl sites for hydroxylation is 1. The second kappa shape index (κ2) is 9.61. The van der Waals surface area contributed by atoms with Crippen LogP contribution in [0.4, 0.5) is 5.69 Å². The Labute approximate surface area is 170 Å². The van der Waals surface area contributed by atoms with Crippen LogP contribution in [0.25, 0.3) is 0 Å². The van der Waals surface area contributed by atoms with E-state index in [1.807, 2.05) is 31.2 Å². The molecule has 1 aromatic carbocycles. The summed E-state index contributed by atoms with van der Waals surface area (Å²) in [5.74, 6) is 0.712. The van der Waals surface area contributed by atoms with Crippen LogP contribution < -0.4 is 10.1 Å². The third-order valence-corrected chi connectivity index (χ3v) is 5.79. The van der Waals surface area contributed by atoms with Crippen LogP contribution in [0.5, 0.6) is 5.75 Å². The zero-order valence-corrected chi connectivity index (χ0v) is 17.2. The maximum Gasteiger partial charge on any atom is 0.234 e. The summed E-state index contributed by atoms with van der Waals surface area (Å²) in [6, 6.07) is 9.72. The summed E-state index contributed by atoms with van der Waals surface area (Å²) in [6.07, 6.45) is 5.03. The molecule has 3 rings (SSSR count). The third-order valence-electron chi connectivity index (χ3n) is 4.82. The molecule has 1 heterocycles. The van der Waals surface area contributed by atoms with E-state index < -0.39 is 0 Å². The molecule has 0 atom stereocenters. The number of carbonyl (C=O) groups is 1. The monoisotopic (exact) mass is 395 g/mol.